The van der Waals surface area contributed by atoms with Crippen LogP contribution in [0.4, 0.5) is 22.0 Å². The van der Waals surface area contributed by atoms with E-state index in [-0.39, 0.29) is 29.3 Å². The van der Waals surface area contributed by atoms with E-state index >= 15 is 0 Å². The van der Waals surface area contributed by atoms with Crippen LogP contribution in [0.25, 0.3) is 0 Å². The van der Waals surface area contributed by atoms with Crippen LogP contribution in [0.1, 0.15) is 10.0 Å². The van der Waals surface area contributed by atoms with Crippen molar-refractivity contribution in [1.29, 1.82) is 0 Å². The molecule has 0 amide bonds. The highest BCUT2D eigenvalue weighted by molar-refractivity contribution is 7.11. The van der Waals surface area contributed by atoms with E-state index in [0.29, 0.717) is 0 Å². The Bertz CT molecular complexity index is 334. The second-order valence-electron chi connectivity index (χ2n) is 2.61. The van der Waals surface area contributed by atoms with Crippen molar-refractivity contribution in [3.05, 3.63) is 10.0 Å². The molecule has 0 aliphatic heterocycles. The van der Waals surface area contributed by atoms with Crippen molar-refractivity contribution in [2.24, 2.45) is 5.73 Å². The molecule has 3 nitrogen and oxygen atoms in total. The van der Waals surface area contributed by atoms with Gasteiger partial charge in [0.2, 0.25) is 0 Å². The monoisotopic (exact) mass is 247 g/mol. The molecule has 0 saturated carbocycles. The van der Waals surface area contributed by atoms with E-state index in [1.807, 2.05) is 0 Å². The minimum Gasteiger partial charge on any atom is -0.330 e. The first-order valence-electron chi connectivity index (χ1n) is 3.76. The predicted octanol–water partition coefficient (Wildman–Crippen LogP) is 1.69. The quantitative estimate of drug-likeness (QED) is 0.827. The third-order valence-corrected chi connectivity index (χ3v) is 2.50. The zero-order valence-corrected chi connectivity index (χ0v) is 8.00. The van der Waals surface area contributed by atoms with Gasteiger partial charge in [-0.25, -0.2) is 0 Å². The Labute approximate surface area is 85.1 Å². The van der Waals surface area contributed by atoms with Crippen LogP contribution in [0.15, 0.2) is 0 Å². The number of hydrogen-bond acceptors (Lipinski definition) is 4. The summed E-state index contributed by atoms with van der Waals surface area (Å²) in [4.78, 5) is 0. The summed E-state index contributed by atoms with van der Waals surface area (Å²) in [5.41, 5.74) is 5.09. The number of aromatic nitrogens is 2. The molecule has 86 valence electrons. The van der Waals surface area contributed by atoms with Gasteiger partial charge in [0.05, 0.1) is 0 Å². The second kappa shape index (κ2) is 3.97. The van der Waals surface area contributed by atoms with Gasteiger partial charge in [-0.1, -0.05) is 11.3 Å². The Hall–Kier alpha value is -0.830. The molecule has 0 aliphatic carbocycles. The number of hydrogen-bond donors (Lipinski definition) is 1. The summed E-state index contributed by atoms with van der Waals surface area (Å²) in [5.74, 6) is -4.95. The molecule has 15 heavy (non-hydrogen) atoms. The maximum absolute atomic E-state index is 12.7. The lowest BCUT2D eigenvalue weighted by Crippen LogP contribution is -2.33. The zero-order valence-electron chi connectivity index (χ0n) is 7.18. The molecule has 2 N–H and O–H groups in total. The standard InChI is InChI=1S/C6H6F5N3S/c7-5(8,6(9,10)11)4-14-13-3(15-4)1-2-12/h1-2,12H2. The van der Waals surface area contributed by atoms with Gasteiger partial charge in [-0.3, -0.25) is 0 Å². The molecule has 1 aromatic rings. The Kier molecular flexibility index (Phi) is 3.24. The number of rotatable bonds is 3. The molecule has 0 aromatic carbocycles. The predicted molar refractivity (Wildman–Crippen MR) is 42.6 cm³/mol. The molecule has 0 radical (unpaired) electrons. The van der Waals surface area contributed by atoms with Gasteiger partial charge in [-0.05, 0) is 6.54 Å². The van der Waals surface area contributed by atoms with E-state index in [4.69, 9.17) is 5.73 Å². The highest BCUT2D eigenvalue weighted by atomic mass is 32.1. The van der Waals surface area contributed by atoms with Crippen molar-refractivity contribution >= 4 is 11.3 Å². The molecule has 0 unspecified atom stereocenters. The summed E-state index contributed by atoms with van der Waals surface area (Å²) in [6.07, 6.45) is -5.52. The van der Waals surface area contributed by atoms with Gasteiger partial charge >= 0.3 is 12.1 Å². The third kappa shape index (κ3) is 2.40. The first-order valence-corrected chi connectivity index (χ1v) is 4.58. The van der Waals surface area contributed by atoms with Crippen LogP contribution >= 0.6 is 11.3 Å². The zero-order chi connectivity index (χ0) is 11.7. The van der Waals surface area contributed by atoms with Gasteiger partial charge in [-0.2, -0.15) is 22.0 Å². The highest BCUT2D eigenvalue weighted by Crippen LogP contribution is 2.44. The van der Waals surface area contributed by atoms with Crippen LogP contribution in [0.2, 0.25) is 0 Å². The average Bonchev–Trinajstić information content (AvgIpc) is 2.51. The topological polar surface area (TPSA) is 51.8 Å². The lowest BCUT2D eigenvalue weighted by molar-refractivity contribution is -0.289. The fourth-order valence-electron chi connectivity index (χ4n) is 0.726. The minimum atomic E-state index is -5.65. The minimum absolute atomic E-state index is 0.0661. The second-order valence-corrected chi connectivity index (χ2v) is 3.67. The van der Waals surface area contributed by atoms with Crippen LogP contribution < -0.4 is 5.73 Å². The summed E-state index contributed by atoms with van der Waals surface area (Å²) < 4.78 is 61.0. The van der Waals surface area contributed by atoms with E-state index < -0.39 is 17.1 Å². The molecule has 1 heterocycles. The first kappa shape index (κ1) is 12.2. The summed E-state index contributed by atoms with van der Waals surface area (Å²) in [6.45, 7) is 0.117. The molecule has 0 fully saturated rings. The SMILES string of the molecule is NCCc1nnc(C(F)(F)C(F)(F)F)s1. The summed E-state index contributed by atoms with van der Waals surface area (Å²) in [5, 5.41) is 4.73. The highest BCUT2D eigenvalue weighted by Gasteiger charge is 2.61. The number of nitrogens with zero attached hydrogens (tertiary/aromatic N) is 2. The van der Waals surface area contributed by atoms with Gasteiger partial charge in [0.1, 0.15) is 5.01 Å². The lowest BCUT2D eigenvalue weighted by Gasteiger charge is -2.15. The largest absolute Gasteiger partial charge is 0.460 e. The van der Waals surface area contributed by atoms with Crippen molar-refractivity contribution < 1.29 is 22.0 Å². The van der Waals surface area contributed by atoms with E-state index in [2.05, 4.69) is 10.2 Å². The molecule has 1 aromatic heterocycles. The number of alkyl halides is 5. The van der Waals surface area contributed by atoms with E-state index in [1.54, 1.807) is 0 Å². The molecule has 0 spiro atoms. The van der Waals surface area contributed by atoms with E-state index in [1.165, 1.54) is 0 Å². The molecule has 0 saturated heterocycles. The van der Waals surface area contributed by atoms with Crippen LogP contribution in [0.5, 0.6) is 0 Å². The molecule has 0 aliphatic rings. The Morgan fingerprint density at radius 2 is 1.73 bits per heavy atom. The van der Waals surface area contributed by atoms with Gasteiger partial charge in [0, 0.05) is 6.42 Å². The maximum Gasteiger partial charge on any atom is 0.460 e. The summed E-state index contributed by atoms with van der Waals surface area (Å²) >= 11 is 0.219. The fraction of sp³-hybridized carbons (Fsp3) is 0.667. The average molecular weight is 247 g/mol. The Balaban J connectivity index is 2.95. The van der Waals surface area contributed by atoms with Crippen molar-refractivity contribution in [3.63, 3.8) is 0 Å². The van der Waals surface area contributed by atoms with Crippen LogP contribution in [-0.2, 0) is 12.3 Å². The molecule has 1 rings (SSSR count). The number of halogens is 5. The van der Waals surface area contributed by atoms with E-state index in [0.717, 1.165) is 0 Å². The Morgan fingerprint density at radius 1 is 1.13 bits per heavy atom. The molecule has 0 bridgehead atoms. The Morgan fingerprint density at radius 3 is 2.20 bits per heavy atom. The normalized spacial score (nSPS) is 13.2. The van der Waals surface area contributed by atoms with Crippen LogP contribution in [0.3, 0.4) is 0 Å². The van der Waals surface area contributed by atoms with Gasteiger partial charge < -0.3 is 5.73 Å². The fourth-order valence-corrected chi connectivity index (χ4v) is 1.58. The molecule has 0 atom stereocenters. The van der Waals surface area contributed by atoms with E-state index in [9.17, 15) is 22.0 Å². The number of nitrogens with two attached hydrogens (primary N) is 1. The molecular formula is C6H6F5N3S. The van der Waals surface area contributed by atoms with Crippen molar-refractivity contribution in [2.75, 3.05) is 6.54 Å². The first-order chi connectivity index (χ1) is 6.79. The maximum atomic E-state index is 12.7. The third-order valence-electron chi connectivity index (χ3n) is 1.45. The van der Waals surface area contributed by atoms with Crippen molar-refractivity contribution in [3.8, 4) is 0 Å². The summed E-state index contributed by atoms with van der Waals surface area (Å²) in [6, 6.07) is 0. The van der Waals surface area contributed by atoms with Gasteiger partial charge in [-0.15, -0.1) is 10.2 Å². The van der Waals surface area contributed by atoms with Gasteiger partial charge in [0.25, 0.3) is 0 Å². The van der Waals surface area contributed by atoms with Crippen molar-refractivity contribution in [1.82, 2.24) is 10.2 Å². The van der Waals surface area contributed by atoms with Crippen molar-refractivity contribution in [2.45, 2.75) is 18.5 Å². The van der Waals surface area contributed by atoms with Crippen LogP contribution in [0, 0.1) is 0 Å². The summed E-state index contributed by atoms with van der Waals surface area (Å²) in [7, 11) is 0. The lowest BCUT2D eigenvalue weighted by atomic mass is 10.3. The molecule has 9 heteroatoms. The molecular weight excluding hydrogens is 241 g/mol. The van der Waals surface area contributed by atoms with Crippen LogP contribution in [-0.4, -0.2) is 22.9 Å². The van der Waals surface area contributed by atoms with Gasteiger partial charge in [0.15, 0.2) is 5.01 Å². The smallest absolute Gasteiger partial charge is 0.330 e.